The van der Waals surface area contributed by atoms with Crippen LogP contribution in [0, 0.1) is 0 Å². The minimum Gasteiger partial charge on any atom is -0.477 e. The van der Waals surface area contributed by atoms with Gasteiger partial charge in [-0.25, -0.2) is 9.59 Å². The van der Waals surface area contributed by atoms with E-state index in [-0.39, 0.29) is 16.6 Å². The van der Waals surface area contributed by atoms with Crippen LogP contribution in [0.4, 0.5) is 0 Å². The van der Waals surface area contributed by atoms with E-state index in [2.05, 4.69) is 10.1 Å². The summed E-state index contributed by atoms with van der Waals surface area (Å²) in [6.07, 6.45) is 2.96. The highest BCUT2D eigenvalue weighted by atomic mass is 16.5. The zero-order chi connectivity index (χ0) is 34.2. The van der Waals surface area contributed by atoms with Crippen molar-refractivity contribution in [2.75, 3.05) is 7.11 Å². The number of carboxylic acids is 1. The number of methoxy groups -OCH3 is 1. The fourth-order valence-electron chi connectivity index (χ4n) is 5.34. The number of esters is 1. The first kappa shape index (κ1) is 33.1. The molecule has 2 heterocycles. The van der Waals surface area contributed by atoms with Gasteiger partial charge in [-0.2, -0.15) is 0 Å². The summed E-state index contributed by atoms with van der Waals surface area (Å²) >= 11 is 0. The summed E-state index contributed by atoms with van der Waals surface area (Å²) in [5, 5.41) is 12.6. The molecule has 0 spiro atoms. The molecule has 4 aromatic carbocycles. The number of fused-ring (bicyclic) bond motifs is 2. The number of pyridine rings is 2. The number of rotatable bonds is 8. The number of carbonyl (C=O) groups is 3. The lowest BCUT2D eigenvalue weighted by molar-refractivity contribution is -0.142. The average molecular weight is 644 g/mol. The van der Waals surface area contributed by atoms with E-state index in [1.54, 1.807) is 28.8 Å². The van der Waals surface area contributed by atoms with E-state index in [0.29, 0.717) is 23.9 Å². The third-order valence-electron chi connectivity index (χ3n) is 7.74. The monoisotopic (exact) mass is 643 g/mol. The van der Waals surface area contributed by atoms with E-state index < -0.39 is 29.3 Å². The Hall–Kier alpha value is -6.29. The fourth-order valence-corrected chi connectivity index (χ4v) is 5.34. The van der Waals surface area contributed by atoms with Gasteiger partial charge in [-0.15, -0.1) is 0 Å². The highest BCUT2D eigenvalue weighted by Gasteiger charge is 2.21. The Morgan fingerprint density at radius 1 is 0.667 bits per heavy atom. The first-order valence-corrected chi connectivity index (χ1v) is 15.1. The number of ether oxygens (including phenoxy) is 1. The van der Waals surface area contributed by atoms with Crippen LogP contribution in [-0.2, 0) is 22.6 Å². The van der Waals surface area contributed by atoms with Gasteiger partial charge in [-0.3, -0.25) is 14.4 Å². The van der Waals surface area contributed by atoms with Crippen LogP contribution in [-0.4, -0.2) is 45.2 Å². The van der Waals surface area contributed by atoms with Gasteiger partial charge < -0.3 is 24.3 Å². The van der Waals surface area contributed by atoms with Crippen molar-refractivity contribution in [1.29, 1.82) is 0 Å². The van der Waals surface area contributed by atoms with Crippen LogP contribution >= 0.6 is 0 Å². The Balaban J connectivity index is 0.000000194. The molecule has 0 aliphatic heterocycles. The lowest BCUT2D eigenvalue weighted by Gasteiger charge is -2.15. The Kier molecular flexibility index (Phi) is 10.2. The van der Waals surface area contributed by atoms with Crippen molar-refractivity contribution < 1.29 is 24.2 Å². The highest BCUT2D eigenvalue weighted by Crippen LogP contribution is 2.16. The molecule has 0 aliphatic carbocycles. The summed E-state index contributed by atoms with van der Waals surface area (Å²) in [6, 6.07) is 32.8. The molecule has 10 heteroatoms. The number of amides is 1. The predicted molar refractivity (Wildman–Crippen MR) is 183 cm³/mol. The normalized spacial score (nSPS) is 11.3. The second-order valence-corrected chi connectivity index (χ2v) is 11.0. The summed E-state index contributed by atoms with van der Waals surface area (Å²) in [4.78, 5) is 60.4. The number of nitrogens with one attached hydrogen (secondary N) is 1. The molecule has 242 valence electrons. The first-order valence-electron chi connectivity index (χ1n) is 15.1. The van der Waals surface area contributed by atoms with Gasteiger partial charge in [0.1, 0.15) is 17.2 Å². The van der Waals surface area contributed by atoms with Crippen LogP contribution in [0.25, 0.3) is 21.8 Å². The molecule has 48 heavy (non-hydrogen) atoms. The van der Waals surface area contributed by atoms with E-state index in [0.717, 1.165) is 22.2 Å². The molecule has 2 aromatic heterocycles. The zero-order valence-electron chi connectivity index (χ0n) is 26.3. The fraction of sp³-hybridized carbons (Fsp3) is 0.132. The Morgan fingerprint density at radius 3 is 1.54 bits per heavy atom. The van der Waals surface area contributed by atoms with Crippen LogP contribution in [0.5, 0.6) is 0 Å². The zero-order valence-corrected chi connectivity index (χ0v) is 26.3. The molecule has 2 N–H and O–H groups in total. The maximum Gasteiger partial charge on any atom is 0.341 e. The molecule has 6 aromatic rings. The highest BCUT2D eigenvalue weighted by molar-refractivity contribution is 5.99. The van der Waals surface area contributed by atoms with Crippen molar-refractivity contribution >= 4 is 39.7 Å². The summed E-state index contributed by atoms with van der Waals surface area (Å²) in [5.41, 5.74) is 2.53. The number of hydrogen-bond acceptors (Lipinski definition) is 6. The molecule has 0 saturated heterocycles. The molecule has 0 aliphatic rings. The van der Waals surface area contributed by atoms with Crippen molar-refractivity contribution in [3.63, 3.8) is 0 Å². The average Bonchev–Trinajstić information content (AvgIpc) is 3.11. The minimum absolute atomic E-state index is 0.0135. The summed E-state index contributed by atoms with van der Waals surface area (Å²) in [5.74, 6) is -2.38. The van der Waals surface area contributed by atoms with Crippen LogP contribution < -0.4 is 16.2 Å². The molecule has 0 saturated carbocycles. The minimum atomic E-state index is -1.20. The Bertz CT molecular complexity index is 2230. The van der Waals surface area contributed by atoms with E-state index in [1.807, 2.05) is 89.5 Å². The van der Waals surface area contributed by atoms with Gasteiger partial charge in [0.25, 0.3) is 5.91 Å². The molecule has 1 amide bonds. The summed E-state index contributed by atoms with van der Waals surface area (Å²) in [7, 11) is 1.24. The van der Waals surface area contributed by atoms with Gasteiger partial charge in [-0.05, 0) is 42.3 Å². The topological polar surface area (TPSA) is 137 Å². The number of hydrogen-bond donors (Lipinski definition) is 2. The van der Waals surface area contributed by atoms with Gasteiger partial charge in [0.05, 0.1) is 18.1 Å². The van der Waals surface area contributed by atoms with Gasteiger partial charge in [-0.1, -0.05) is 84.9 Å². The van der Waals surface area contributed by atoms with Crippen LogP contribution in [0.2, 0.25) is 0 Å². The van der Waals surface area contributed by atoms with Crippen LogP contribution in [0.1, 0.15) is 38.8 Å². The van der Waals surface area contributed by atoms with Crippen molar-refractivity contribution in [3.8, 4) is 0 Å². The Labute approximate surface area is 275 Å². The first-order chi connectivity index (χ1) is 23.2. The SMILES string of the molecule is COC(=O)[C@H](C)NC(=O)c1cn(Cc2ccccc2)c2ccccc2c1=O.O=C(O)c1cn(Cc2ccccc2)c2ccccc2c1=O. The number of carbonyl (C=O) groups excluding carboxylic acids is 2. The van der Waals surface area contributed by atoms with E-state index in [4.69, 9.17) is 0 Å². The van der Waals surface area contributed by atoms with Gasteiger partial charge in [0.15, 0.2) is 0 Å². The van der Waals surface area contributed by atoms with E-state index in [1.165, 1.54) is 26.4 Å². The largest absolute Gasteiger partial charge is 0.477 e. The molecule has 0 unspecified atom stereocenters. The second-order valence-electron chi connectivity index (χ2n) is 11.0. The van der Waals surface area contributed by atoms with Crippen LogP contribution in [0.15, 0.2) is 131 Å². The lowest BCUT2D eigenvalue weighted by Crippen LogP contribution is -2.41. The number of nitrogens with zero attached hydrogens (tertiary/aromatic N) is 2. The predicted octanol–water partition coefficient (Wildman–Crippen LogP) is 5.09. The van der Waals surface area contributed by atoms with Gasteiger partial charge in [0.2, 0.25) is 10.9 Å². The molecule has 6 rings (SSSR count). The number of aromatic carboxylic acids is 1. The second kappa shape index (κ2) is 14.9. The third kappa shape index (κ3) is 7.39. The van der Waals surface area contributed by atoms with Gasteiger partial charge >= 0.3 is 11.9 Å². The molecule has 0 fully saturated rings. The number of benzene rings is 4. The molecule has 1 atom stereocenters. The van der Waals surface area contributed by atoms with E-state index in [9.17, 15) is 29.1 Å². The van der Waals surface area contributed by atoms with Crippen LogP contribution in [0.3, 0.4) is 0 Å². The quantitative estimate of drug-likeness (QED) is 0.221. The molecule has 0 bridgehead atoms. The third-order valence-corrected chi connectivity index (χ3v) is 7.74. The van der Waals surface area contributed by atoms with Crippen molar-refractivity contribution in [2.24, 2.45) is 0 Å². The van der Waals surface area contributed by atoms with E-state index >= 15 is 0 Å². The molecule has 10 nitrogen and oxygen atoms in total. The smallest absolute Gasteiger partial charge is 0.341 e. The maximum atomic E-state index is 12.8. The molecular weight excluding hydrogens is 610 g/mol. The lowest BCUT2D eigenvalue weighted by atomic mass is 10.1. The van der Waals surface area contributed by atoms with Crippen molar-refractivity contribution in [2.45, 2.75) is 26.1 Å². The maximum absolute atomic E-state index is 12.8. The molecular formula is C38H33N3O7. The number of carboxylic acid groups (broad SMARTS) is 1. The standard InChI is InChI=1S/C21H20N2O4.C17H13NO3/c1-14(21(26)27-2)22-20(25)17-13-23(12-15-8-4-3-5-9-15)18-11-7-6-10-16(18)19(17)24;19-16-13-8-4-5-9-15(13)18(11-14(16)17(20)21)10-12-6-2-1-3-7-12/h3-11,13-14H,12H2,1-2H3,(H,22,25);1-9,11H,10H2,(H,20,21)/t14-;/m0./s1. The van der Waals surface area contributed by atoms with Crippen molar-refractivity contribution in [1.82, 2.24) is 14.5 Å². The number of aromatic nitrogens is 2. The van der Waals surface area contributed by atoms with Crippen molar-refractivity contribution in [3.05, 3.63) is 164 Å². The number of para-hydroxylation sites is 2. The Morgan fingerprint density at radius 2 is 1.08 bits per heavy atom. The van der Waals surface area contributed by atoms with Gasteiger partial charge in [0, 0.05) is 36.3 Å². The molecule has 0 radical (unpaired) electrons. The summed E-state index contributed by atoms with van der Waals surface area (Å²) < 4.78 is 8.28. The summed E-state index contributed by atoms with van der Waals surface area (Å²) in [6.45, 7) is 2.53.